The van der Waals surface area contributed by atoms with Gasteiger partial charge in [-0.05, 0) is 55.2 Å². The normalized spacial score (nSPS) is 25.4. The Labute approximate surface area is 123 Å². The Morgan fingerprint density at radius 3 is 2.90 bits per heavy atom. The molecule has 0 aromatic carbocycles. The molecule has 3 heteroatoms. The minimum absolute atomic E-state index is 0.393. The molecule has 2 rings (SSSR count). The van der Waals surface area contributed by atoms with Crippen LogP contribution in [0.5, 0.6) is 0 Å². The van der Waals surface area contributed by atoms with Gasteiger partial charge in [-0.2, -0.15) is 0 Å². The minimum atomic E-state index is 0.393. The number of hydrogen-bond acceptors (Lipinski definition) is 3. The standard InChI is InChI=1S/C17H28N2O/c1-5-18-16-9-14(6-7-19-16)12-20-15-8-13(2)10-17(3,4)11-15/h6-7,9,13,15H,5,8,10-12H2,1-4H3,(H,18,19). The molecule has 1 fully saturated rings. The van der Waals surface area contributed by atoms with Crippen LogP contribution < -0.4 is 5.32 Å². The van der Waals surface area contributed by atoms with E-state index >= 15 is 0 Å². The molecule has 1 N–H and O–H groups in total. The van der Waals surface area contributed by atoms with Crippen LogP contribution in [0.4, 0.5) is 5.82 Å². The highest BCUT2D eigenvalue weighted by Crippen LogP contribution is 2.39. The monoisotopic (exact) mass is 276 g/mol. The maximum atomic E-state index is 6.15. The molecule has 0 aliphatic heterocycles. The van der Waals surface area contributed by atoms with E-state index < -0.39 is 0 Å². The molecule has 20 heavy (non-hydrogen) atoms. The van der Waals surface area contributed by atoms with Gasteiger partial charge < -0.3 is 10.1 Å². The van der Waals surface area contributed by atoms with Gasteiger partial charge in [0, 0.05) is 12.7 Å². The number of hydrogen-bond donors (Lipinski definition) is 1. The van der Waals surface area contributed by atoms with Crippen LogP contribution in [-0.4, -0.2) is 17.6 Å². The Morgan fingerprint density at radius 2 is 2.20 bits per heavy atom. The lowest BCUT2D eigenvalue weighted by atomic mass is 9.71. The second kappa shape index (κ2) is 6.57. The fourth-order valence-electron chi connectivity index (χ4n) is 3.44. The average Bonchev–Trinajstić information content (AvgIpc) is 2.35. The number of nitrogens with one attached hydrogen (secondary N) is 1. The molecule has 1 aromatic rings. The predicted molar refractivity (Wildman–Crippen MR) is 83.8 cm³/mol. The first-order valence-electron chi connectivity index (χ1n) is 7.79. The predicted octanol–water partition coefficient (Wildman–Crippen LogP) is 4.24. The van der Waals surface area contributed by atoms with Crippen molar-refractivity contribution in [3.05, 3.63) is 23.9 Å². The first-order valence-corrected chi connectivity index (χ1v) is 7.79. The average molecular weight is 276 g/mol. The van der Waals surface area contributed by atoms with E-state index in [1.807, 2.05) is 12.3 Å². The Balaban J connectivity index is 1.90. The van der Waals surface area contributed by atoms with Crippen molar-refractivity contribution in [1.29, 1.82) is 0 Å². The smallest absolute Gasteiger partial charge is 0.126 e. The lowest BCUT2D eigenvalue weighted by Crippen LogP contribution is -2.32. The summed E-state index contributed by atoms with van der Waals surface area (Å²) in [4.78, 5) is 4.29. The van der Waals surface area contributed by atoms with Gasteiger partial charge in [-0.25, -0.2) is 4.98 Å². The highest BCUT2D eigenvalue weighted by atomic mass is 16.5. The maximum absolute atomic E-state index is 6.15. The molecule has 3 nitrogen and oxygen atoms in total. The molecule has 0 spiro atoms. The number of anilines is 1. The van der Waals surface area contributed by atoms with Gasteiger partial charge in [-0.3, -0.25) is 0 Å². The molecule has 1 heterocycles. The van der Waals surface area contributed by atoms with E-state index in [1.54, 1.807) is 0 Å². The Bertz CT molecular complexity index is 431. The van der Waals surface area contributed by atoms with E-state index in [-0.39, 0.29) is 0 Å². The van der Waals surface area contributed by atoms with Gasteiger partial charge in [0.05, 0.1) is 12.7 Å². The topological polar surface area (TPSA) is 34.1 Å². The summed E-state index contributed by atoms with van der Waals surface area (Å²) < 4.78 is 6.15. The summed E-state index contributed by atoms with van der Waals surface area (Å²) in [5.41, 5.74) is 1.61. The zero-order chi connectivity index (χ0) is 14.6. The van der Waals surface area contributed by atoms with Crippen molar-refractivity contribution in [3.63, 3.8) is 0 Å². The molecule has 1 aromatic heterocycles. The first kappa shape index (κ1) is 15.3. The van der Waals surface area contributed by atoms with Crippen molar-refractivity contribution >= 4 is 5.82 Å². The van der Waals surface area contributed by atoms with Crippen LogP contribution in [0.25, 0.3) is 0 Å². The Hall–Kier alpha value is -1.09. The molecular weight excluding hydrogens is 248 g/mol. The third-order valence-corrected chi connectivity index (χ3v) is 4.01. The maximum Gasteiger partial charge on any atom is 0.126 e. The summed E-state index contributed by atoms with van der Waals surface area (Å²) in [6, 6.07) is 4.12. The summed E-state index contributed by atoms with van der Waals surface area (Å²) in [6.45, 7) is 10.7. The van der Waals surface area contributed by atoms with Crippen LogP contribution in [-0.2, 0) is 11.3 Å². The molecule has 0 saturated heterocycles. The molecule has 0 amide bonds. The van der Waals surface area contributed by atoms with E-state index in [4.69, 9.17) is 4.74 Å². The SMILES string of the molecule is CCNc1cc(COC2CC(C)CC(C)(C)C2)ccn1. The summed E-state index contributed by atoms with van der Waals surface area (Å²) in [7, 11) is 0. The zero-order valence-electron chi connectivity index (χ0n) is 13.3. The largest absolute Gasteiger partial charge is 0.374 e. The fourth-order valence-corrected chi connectivity index (χ4v) is 3.44. The number of pyridine rings is 1. The lowest BCUT2D eigenvalue weighted by molar-refractivity contribution is -0.0316. The Kier molecular flexibility index (Phi) is 5.03. The zero-order valence-corrected chi connectivity index (χ0v) is 13.3. The highest BCUT2D eigenvalue weighted by Gasteiger charge is 2.32. The number of rotatable bonds is 5. The van der Waals surface area contributed by atoms with Crippen LogP contribution in [0.1, 0.15) is 52.5 Å². The van der Waals surface area contributed by atoms with Crippen molar-refractivity contribution in [2.45, 2.75) is 59.7 Å². The quantitative estimate of drug-likeness (QED) is 0.873. The van der Waals surface area contributed by atoms with Gasteiger partial charge in [-0.1, -0.05) is 20.8 Å². The first-order chi connectivity index (χ1) is 9.48. The summed E-state index contributed by atoms with van der Waals surface area (Å²) in [5, 5.41) is 3.24. The molecule has 112 valence electrons. The molecule has 1 aliphatic rings. The highest BCUT2D eigenvalue weighted by molar-refractivity contribution is 5.36. The number of ether oxygens (including phenoxy) is 1. The molecule has 2 atom stereocenters. The van der Waals surface area contributed by atoms with E-state index in [0.29, 0.717) is 18.1 Å². The Morgan fingerprint density at radius 1 is 1.40 bits per heavy atom. The van der Waals surface area contributed by atoms with Gasteiger partial charge in [-0.15, -0.1) is 0 Å². The summed E-state index contributed by atoms with van der Waals surface area (Å²) in [6.07, 6.45) is 5.91. The van der Waals surface area contributed by atoms with Crippen LogP contribution in [0.2, 0.25) is 0 Å². The van der Waals surface area contributed by atoms with Crippen molar-refractivity contribution in [2.75, 3.05) is 11.9 Å². The van der Waals surface area contributed by atoms with Gasteiger partial charge in [0.15, 0.2) is 0 Å². The van der Waals surface area contributed by atoms with E-state index in [9.17, 15) is 0 Å². The number of nitrogens with zero attached hydrogens (tertiary/aromatic N) is 1. The number of aromatic nitrogens is 1. The van der Waals surface area contributed by atoms with Crippen LogP contribution in [0, 0.1) is 11.3 Å². The summed E-state index contributed by atoms with van der Waals surface area (Å²) >= 11 is 0. The summed E-state index contributed by atoms with van der Waals surface area (Å²) in [5.74, 6) is 1.70. The third kappa shape index (κ3) is 4.48. The molecule has 1 aliphatic carbocycles. The van der Waals surface area contributed by atoms with E-state index in [2.05, 4.69) is 44.1 Å². The molecule has 0 radical (unpaired) electrons. The minimum Gasteiger partial charge on any atom is -0.374 e. The van der Waals surface area contributed by atoms with Crippen LogP contribution >= 0.6 is 0 Å². The van der Waals surface area contributed by atoms with Crippen molar-refractivity contribution in [3.8, 4) is 0 Å². The lowest BCUT2D eigenvalue weighted by Gasteiger charge is -2.38. The fraction of sp³-hybridized carbons (Fsp3) is 0.706. The van der Waals surface area contributed by atoms with Gasteiger partial charge in [0.25, 0.3) is 0 Å². The molecule has 1 saturated carbocycles. The third-order valence-electron chi connectivity index (χ3n) is 4.01. The van der Waals surface area contributed by atoms with E-state index in [1.165, 1.54) is 24.8 Å². The van der Waals surface area contributed by atoms with Gasteiger partial charge in [0.2, 0.25) is 0 Å². The van der Waals surface area contributed by atoms with Gasteiger partial charge >= 0.3 is 0 Å². The van der Waals surface area contributed by atoms with Crippen LogP contribution in [0.3, 0.4) is 0 Å². The second-order valence-corrected chi connectivity index (χ2v) is 6.93. The van der Waals surface area contributed by atoms with E-state index in [0.717, 1.165) is 18.3 Å². The molecule has 0 bridgehead atoms. The van der Waals surface area contributed by atoms with Crippen molar-refractivity contribution in [1.82, 2.24) is 4.98 Å². The van der Waals surface area contributed by atoms with Crippen molar-refractivity contribution < 1.29 is 4.74 Å². The molecule has 2 unspecified atom stereocenters. The molecular formula is C17H28N2O. The van der Waals surface area contributed by atoms with Gasteiger partial charge in [0.1, 0.15) is 5.82 Å². The van der Waals surface area contributed by atoms with Crippen molar-refractivity contribution in [2.24, 2.45) is 11.3 Å². The second-order valence-electron chi connectivity index (χ2n) is 6.93. The van der Waals surface area contributed by atoms with Crippen LogP contribution in [0.15, 0.2) is 18.3 Å².